The molecule has 0 saturated heterocycles. The zero-order valence-electron chi connectivity index (χ0n) is 12.6. The fourth-order valence-corrected chi connectivity index (χ4v) is 3.34. The van der Waals surface area contributed by atoms with Gasteiger partial charge in [0.05, 0.1) is 11.3 Å². The van der Waals surface area contributed by atoms with Crippen LogP contribution in [-0.2, 0) is 17.6 Å². The lowest BCUT2D eigenvalue weighted by molar-refractivity contribution is -0.384. The minimum atomic E-state index is -0.429. The Bertz CT molecular complexity index is 787. The Labute approximate surface area is 142 Å². The lowest BCUT2D eigenvalue weighted by Gasteiger charge is -2.17. The largest absolute Gasteiger partial charge is 0.306 e. The summed E-state index contributed by atoms with van der Waals surface area (Å²) in [5.74, 6) is -0.113. The first-order chi connectivity index (χ1) is 11.0. The molecule has 1 aliphatic rings. The van der Waals surface area contributed by atoms with Crippen LogP contribution in [0.4, 0.5) is 11.4 Å². The van der Waals surface area contributed by atoms with E-state index < -0.39 is 4.92 Å². The highest BCUT2D eigenvalue weighted by molar-refractivity contribution is 9.10. The van der Waals surface area contributed by atoms with Crippen molar-refractivity contribution < 1.29 is 9.72 Å². The summed E-state index contributed by atoms with van der Waals surface area (Å²) in [4.78, 5) is 25.0. The highest BCUT2D eigenvalue weighted by Crippen LogP contribution is 2.39. The van der Waals surface area contributed by atoms with Crippen molar-refractivity contribution in [3.8, 4) is 0 Å². The van der Waals surface area contributed by atoms with E-state index in [1.807, 2.05) is 37.3 Å². The monoisotopic (exact) mass is 374 g/mol. The van der Waals surface area contributed by atoms with Gasteiger partial charge in [0.15, 0.2) is 0 Å². The molecule has 1 heterocycles. The van der Waals surface area contributed by atoms with E-state index in [4.69, 9.17) is 0 Å². The molecule has 23 heavy (non-hydrogen) atoms. The normalized spacial score (nSPS) is 13.0. The van der Waals surface area contributed by atoms with Crippen LogP contribution in [0.5, 0.6) is 0 Å². The number of nitro benzene ring substituents is 1. The van der Waals surface area contributed by atoms with Crippen LogP contribution in [-0.4, -0.2) is 17.4 Å². The Morgan fingerprint density at radius 2 is 2.00 bits per heavy atom. The van der Waals surface area contributed by atoms with Crippen molar-refractivity contribution in [1.82, 2.24) is 0 Å². The highest BCUT2D eigenvalue weighted by Gasteiger charge is 2.32. The van der Waals surface area contributed by atoms with Crippen molar-refractivity contribution >= 4 is 33.2 Å². The number of hydrogen-bond donors (Lipinski definition) is 0. The number of carbonyl (C=O) groups is 1. The zero-order chi connectivity index (χ0) is 16.6. The third kappa shape index (κ3) is 3.12. The van der Waals surface area contributed by atoms with Crippen molar-refractivity contribution in [1.29, 1.82) is 0 Å². The van der Waals surface area contributed by atoms with Crippen LogP contribution in [0.2, 0.25) is 0 Å². The van der Waals surface area contributed by atoms with Gasteiger partial charge in [-0.2, -0.15) is 0 Å². The zero-order valence-corrected chi connectivity index (χ0v) is 14.2. The molecule has 1 aliphatic heterocycles. The number of rotatable bonds is 3. The van der Waals surface area contributed by atoms with Crippen LogP contribution in [0, 0.1) is 17.0 Å². The maximum Gasteiger partial charge on any atom is 0.294 e. The van der Waals surface area contributed by atoms with Gasteiger partial charge in [-0.15, -0.1) is 0 Å². The number of nitrogens with zero attached hydrogens (tertiary/aromatic N) is 2. The Morgan fingerprint density at radius 1 is 1.30 bits per heavy atom. The summed E-state index contributed by atoms with van der Waals surface area (Å²) in [6.45, 7) is 2.47. The molecule has 0 radical (unpaired) electrons. The number of fused-ring (bicyclic) bond motifs is 1. The average Bonchev–Trinajstić information content (AvgIpc) is 2.92. The molecule has 1 amide bonds. The number of halogens is 1. The van der Waals surface area contributed by atoms with Crippen LogP contribution < -0.4 is 4.90 Å². The fourth-order valence-electron chi connectivity index (χ4n) is 2.85. The summed E-state index contributed by atoms with van der Waals surface area (Å²) >= 11 is 3.29. The van der Waals surface area contributed by atoms with E-state index in [9.17, 15) is 14.9 Å². The molecule has 5 nitrogen and oxygen atoms in total. The van der Waals surface area contributed by atoms with Gasteiger partial charge in [0, 0.05) is 17.1 Å². The molecule has 0 aliphatic carbocycles. The second-order valence-corrected chi connectivity index (χ2v) is 6.56. The van der Waals surface area contributed by atoms with Crippen LogP contribution in [0.1, 0.15) is 16.7 Å². The number of benzene rings is 2. The number of nitro groups is 1. The number of carbonyl (C=O) groups excluding carboxylic acids is 1. The summed E-state index contributed by atoms with van der Waals surface area (Å²) in [5.41, 5.74) is 3.30. The van der Waals surface area contributed by atoms with Crippen LogP contribution >= 0.6 is 15.9 Å². The van der Waals surface area contributed by atoms with E-state index >= 15 is 0 Å². The molecule has 0 unspecified atom stereocenters. The quantitative estimate of drug-likeness (QED) is 0.606. The Morgan fingerprint density at radius 3 is 2.65 bits per heavy atom. The van der Waals surface area contributed by atoms with Gasteiger partial charge in [-0.25, -0.2) is 0 Å². The maximum absolute atomic E-state index is 12.6. The predicted octanol–water partition coefficient (Wildman–Crippen LogP) is 3.80. The van der Waals surface area contributed by atoms with Gasteiger partial charge in [-0.05, 0) is 30.5 Å². The number of anilines is 1. The first-order valence-corrected chi connectivity index (χ1v) is 8.08. The van der Waals surface area contributed by atoms with E-state index in [1.165, 1.54) is 6.07 Å². The molecule has 6 heteroatoms. The number of amides is 1. The molecule has 0 N–H and O–H groups in total. The molecule has 0 atom stereocenters. The summed E-state index contributed by atoms with van der Waals surface area (Å²) in [7, 11) is 0. The van der Waals surface area contributed by atoms with E-state index in [0.717, 1.165) is 16.7 Å². The molecule has 0 bridgehead atoms. The topological polar surface area (TPSA) is 63.5 Å². The first kappa shape index (κ1) is 15.7. The molecular weight excluding hydrogens is 360 g/mol. The molecule has 0 spiro atoms. The Balaban J connectivity index is 1.91. The SMILES string of the molecule is Cc1ccc(CC(=O)N2CCc3cc(Br)cc([N+](=O)[O-])c32)cc1. The summed E-state index contributed by atoms with van der Waals surface area (Å²) < 4.78 is 0.663. The minimum absolute atomic E-state index is 0.0240. The fraction of sp³-hybridized carbons (Fsp3) is 0.235. The van der Waals surface area contributed by atoms with Crippen molar-refractivity contribution in [3.05, 3.63) is 67.7 Å². The summed E-state index contributed by atoms with van der Waals surface area (Å²) in [5, 5.41) is 11.3. The summed E-state index contributed by atoms with van der Waals surface area (Å²) in [6.07, 6.45) is 0.877. The molecule has 3 rings (SSSR count). The highest BCUT2D eigenvalue weighted by atomic mass is 79.9. The van der Waals surface area contributed by atoms with E-state index in [0.29, 0.717) is 23.1 Å². The van der Waals surface area contributed by atoms with Gasteiger partial charge in [0.25, 0.3) is 5.69 Å². The van der Waals surface area contributed by atoms with Gasteiger partial charge in [0.1, 0.15) is 5.69 Å². The van der Waals surface area contributed by atoms with Crippen LogP contribution in [0.3, 0.4) is 0 Å². The predicted molar refractivity (Wildman–Crippen MR) is 91.7 cm³/mol. The molecule has 0 saturated carbocycles. The lowest BCUT2D eigenvalue weighted by atomic mass is 10.1. The maximum atomic E-state index is 12.6. The summed E-state index contributed by atoms with van der Waals surface area (Å²) in [6, 6.07) is 11.1. The van der Waals surface area contributed by atoms with Crippen molar-refractivity contribution in [3.63, 3.8) is 0 Å². The smallest absolute Gasteiger partial charge is 0.294 e. The van der Waals surface area contributed by atoms with Gasteiger partial charge in [-0.3, -0.25) is 14.9 Å². The molecular formula is C17H15BrN2O3. The van der Waals surface area contributed by atoms with Crippen molar-refractivity contribution in [2.75, 3.05) is 11.4 Å². The Kier molecular flexibility index (Phi) is 4.17. The van der Waals surface area contributed by atoms with E-state index in [-0.39, 0.29) is 18.0 Å². The lowest BCUT2D eigenvalue weighted by Crippen LogP contribution is -2.30. The molecule has 2 aromatic carbocycles. The first-order valence-electron chi connectivity index (χ1n) is 7.28. The van der Waals surface area contributed by atoms with Gasteiger partial charge >= 0.3 is 0 Å². The molecule has 0 aromatic heterocycles. The van der Waals surface area contributed by atoms with E-state index in [2.05, 4.69) is 15.9 Å². The van der Waals surface area contributed by atoms with Crippen LogP contribution in [0.25, 0.3) is 0 Å². The van der Waals surface area contributed by atoms with Gasteiger partial charge in [-0.1, -0.05) is 45.8 Å². The standard InChI is InChI=1S/C17H15BrN2O3/c1-11-2-4-12(5-3-11)8-16(21)19-7-6-13-9-14(18)10-15(17(13)19)20(22)23/h2-5,9-10H,6-8H2,1H3. The number of aryl methyl sites for hydroxylation is 1. The Hall–Kier alpha value is -2.21. The average molecular weight is 375 g/mol. The van der Waals surface area contributed by atoms with E-state index in [1.54, 1.807) is 4.90 Å². The molecule has 118 valence electrons. The minimum Gasteiger partial charge on any atom is -0.306 e. The van der Waals surface area contributed by atoms with Crippen molar-refractivity contribution in [2.24, 2.45) is 0 Å². The van der Waals surface area contributed by atoms with Crippen LogP contribution in [0.15, 0.2) is 40.9 Å². The van der Waals surface area contributed by atoms with Crippen molar-refractivity contribution in [2.45, 2.75) is 19.8 Å². The third-order valence-corrected chi connectivity index (χ3v) is 4.44. The number of hydrogen-bond acceptors (Lipinski definition) is 3. The molecule has 2 aromatic rings. The molecule has 0 fully saturated rings. The second kappa shape index (κ2) is 6.12. The van der Waals surface area contributed by atoms with Gasteiger partial charge < -0.3 is 4.90 Å². The third-order valence-electron chi connectivity index (χ3n) is 3.98. The second-order valence-electron chi connectivity index (χ2n) is 5.65. The van der Waals surface area contributed by atoms with Gasteiger partial charge in [0.2, 0.25) is 5.91 Å².